The molecule has 0 bridgehead atoms. The standard InChI is InChI=1S/C25H20N4O4S/c1-15-19(28-24(33-15)21-7-4-12-34-21)13-22(30)26-17-10-8-16(9-11-17)25(32)29-14-23(31)27-18-5-2-3-6-20(18)29/h2-12H,13-14H2,1H3,(H,26,30)(H,27,31). The molecule has 8 nitrogen and oxygen atoms in total. The molecule has 9 heteroatoms. The van der Waals surface area contributed by atoms with Gasteiger partial charge in [0.15, 0.2) is 0 Å². The topological polar surface area (TPSA) is 105 Å². The maximum Gasteiger partial charge on any atom is 0.258 e. The summed E-state index contributed by atoms with van der Waals surface area (Å²) in [5.41, 5.74) is 2.79. The summed E-state index contributed by atoms with van der Waals surface area (Å²) >= 11 is 1.52. The van der Waals surface area contributed by atoms with E-state index in [1.165, 1.54) is 16.2 Å². The Labute approximate surface area is 199 Å². The Morgan fingerprint density at radius 2 is 1.91 bits per heavy atom. The van der Waals surface area contributed by atoms with Crippen LogP contribution in [0.25, 0.3) is 10.8 Å². The van der Waals surface area contributed by atoms with Crippen molar-refractivity contribution in [2.75, 3.05) is 22.1 Å². The van der Waals surface area contributed by atoms with Crippen molar-refractivity contribution in [2.45, 2.75) is 13.3 Å². The minimum absolute atomic E-state index is 0.0567. The largest absolute Gasteiger partial charge is 0.440 e. The summed E-state index contributed by atoms with van der Waals surface area (Å²) in [7, 11) is 0. The lowest BCUT2D eigenvalue weighted by molar-refractivity contribution is -0.116. The van der Waals surface area contributed by atoms with Gasteiger partial charge in [-0.15, -0.1) is 11.3 Å². The van der Waals surface area contributed by atoms with E-state index in [0.29, 0.717) is 40.0 Å². The lowest BCUT2D eigenvalue weighted by Crippen LogP contribution is -2.42. The van der Waals surface area contributed by atoms with Crippen LogP contribution in [0.5, 0.6) is 0 Å². The molecule has 4 aromatic rings. The molecule has 3 heterocycles. The Kier molecular flexibility index (Phi) is 5.69. The van der Waals surface area contributed by atoms with Crippen molar-refractivity contribution in [1.29, 1.82) is 0 Å². The van der Waals surface area contributed by atoms with Gasteiger partial charge in [0.25, 0.3) is 5.91 Å². The zero-order valence-corrected chi connectivity index (χ0v) is 19.0. The summed E-state index contributed by atoms with van der Waals surface area (Å²) in [4.78, 5) is 44.4. The first-order valence-electron chi connectivity index (χ1n) is 10.6. The highest BCUT2D eigenvalue weighted by Gasteiger charge is 2.27. The van der Waals surface area contributed by atoms with Gasteiger partial charge in [0.2, 0.25) is 17.7 Å². The number of amides is 3. The van der Waals surface area contributed by atoms with Crippen LogP contribution in [-0.4, -0.2) is 29.3 Å². The van der Waals surface area contributed by atoms with E-state index in [1.54, 1.807) is 49.4 Å². The van der Waals surface area contributed by atoms with Gasteiger partial charge in [-0.05, 0) is 54.8 Å². The number of hydrogen-bond donors (Lipinski definition) is 2. The molecule has 0 radical (unpaired) electrons. The van der Waals surface area contributed by atoms with Crippen LogP contribution in [0.15, 0.2) is 70.5 Å². The van der Waals surface area contributed by atoms with E-state index in [-0.39, 0.29) is 30.7 Å². The summed E-state index contributed by atoms with van der Waals surface area (Å²) in [5, 5.41) is 7.53. The molecule has 1 aliphatic rings. The smallest absolute Gasteiger partial charge is 0.258 e. The predicted molar refractivity (Wildman–Crippen MR) is 130 cm³/mol. The van der Waals surface area contributed by atoms with Gasteiger partial charge in [-0.1, -0.05) is 18.2 Å². The van der Waals surface area contributed by atoms with E-state index in [1.807, 2.05) is 23.6 Å². The van der Waals surface area contributed by atoms with Crippen molar-refractivity contribution < 1.29 is 18.8 Å². The third-order valence-electron chi connectivity index (χ3n) is 5.38. The summed E-state index contributed by atoms with van der Waals surface area (Å²) < 4.78 is 5.69. The highest BCUT2D eigenvalue weighted by atomic mass is 32.1. The zero-order valence-electron chi connectivity index (χ0n) is 18.2. The number of para-hydroxylation sites is 2. The quantitative estimate of drug-likeness (QED) is 0.445. The molecule has 0 atom stereocenters. The average Bonchev–Trinajstić information content (AvgIpc) is 3.49. The minimum atomic E-state index is -0.292. The summed E-state index contributed by atoms with van der Waals surface area (Å²) in [6.45, 7) is 1.73. The fraction of sp³-hybridized carbons (Fsp3) is 0.120. The van der Waals surface area contributed by atoms with Crippen LogP contribution in [-0.2, 0) is 16.0 Å². The van der Waals surface area contributed by atoms with Crippen LogP contribution in [0.4, 0.5) is 17.1 Å². The fourth-order valence-electron chi connectivity index (χ4n) is 3.72. The van der Waals surface area contributed by atoms with Crippen molar-refractivity contribution in [1.82, 2.24) is 4.98 Å². The number of carbonyl (C=O) groups excluding carboxylic acids is 3. The molecular formula is C25H20N4O4S. The Hall–Kier alpha value is -4.24. The molecule has 2 aromatic heterocycles. The number of carbonyl (C=O) groups is 3. The minimum Gasteiger partial charge on any atom is -0.440 e. The number of aryl methyl sites for hydroxylation is 1. The molecular weight excluding hydrogens is 452 g/mol. The first kappa shape index (κ1) is 21.6. The molecule has 34 heavy (non-hydrogen) atoms. The number of oxazole rings is 1. The lowest BCUT2D eigenvalue weighted by Gasteiger charge is -2.29. The van der Waals surface area contributed by atoms with Crippen molar-refractivity contribution in [2.24, 2.45) is 0 Å². The van der Waals surface area contributed by atoms with Crippen LogP contribution < -0.4 is 15.5 Å². The lowest BCUT2D eigenvalue weighted by atomic mass is 10.1. The van der Waals surface area contributed by atoms with Gasteiger partial charge < -0.3 is 15.1 Å². The molecule has 2 aromatic carbocycles. The van der Waals surface area contributed by atoms with E-state index < -0.39 is 0 Å². The number of nitrogens with one attached hydrogen (secondary N) is 2. The van der Waals surface area contributed by atoms with Crippen molar-refractivity contribution in [3.63, 3.8) is 0 Å². The van der Waals surface area contributed by atoms with Crippen molar-refractivity contribution in [3.8, 4) is 10.8 Å². The molecule has 0 saturated heterocycles. The first-order valence-corrected chi connectivity index (χ1v) is 11.5. The normalized spacial score (nSPS) is 12.7. The highest BCUT2D eigenvalue weighted by molar-refractivity contribution is 7.13. The van der Waals surface area contributed by atoms with E-state index in [2.05, 4.69) is 15.6 Å². The maximum atomic E-state index is 13.1. The van der Waals surface area contributed by atoms with Crippen molar-refractivity contribution >= 4 is 46.1 Å². The van der Waals surface area contributed by atoms with Gasteiger partial charge in [-0.3, -0.25) is 19.3 Å². The average molecular weight is 473 g/mol. The number of benzene rings is 2. The second kappa shape index (κ2) is 8.95. The number of thiophene rings is 1. The molecule has 1 aliphatic heterocycles. The number of fused-ring (bicyclic) bond motifs is 1. The second-order valence-corrected chi connectivity index (χ2v) is 8.71. The summed E-state index contributed by atoms with van der Waals surface area (Å²) in [5.74, 6) is 0.326. The van der Waals surface area contributed by atoms with E-state index in [4.69, 9.17) is 4.42 Å². The molecule has 3 amide bonds. The fourth-order valence-corrected chi connectivity index (χ4v) is 4.37. The Morgan fingerprint density at radius 1 is 1.12 bits per heavy atom. The molecule has 5 rings (SSSR count). The molecule has 0 spiro atoms. The number of anilines is 3. The molecule has 0 fully saturated rings. The Morgan fingerprint density at radius 3 is 2.68 bits per heavy atom. The monoisotopic (exact) mass is 472 g/mol. The van der Waals surface area contributed by atoms with Crippen LogP contribution in [0.2, 0.25) is 0 Å². The Balaban J connectivity index is 1.26. The van der Waals surface area contributed by atoms with Crippen LogP contribution in [0.1, 0.15) is 21.8 Å². The van der Waals surface area contributed by atoms with Gasteiger partial charge in [0.05, 0.1) is 28.4 Å². The third-order valence-corrected chi connectivity index (χ3v) is 6.24. The van der Waals surface area contributed by atoms with E-state index in [0.717, 1.165) is 4.88 Å². The SMILES string of the molecule is Cc1oc(-c2cccs2)nc1CC(=O)Nc1ccc(C(=O)N2CC(=O)Nc3ccccc32)cc1. The van der Waals surface area contributed by atoms with Crippen molar-refractivity contribution in [3.05, 3.63) is 83.1 Å². The number of hydrogen-bond acceptors (Lipinski definition) is 6. The zero-order chi connectivity index (χ0) is 23.7. The number of aromatic nitrogens is 1. The van der Waals surface area contributed by atoms with Crippen LogP contribution in [0.3, 0.4) is 0 Å². The predicted octanol–water partition coefficient (Wildman–Crippen LogP) is 4.49. The molecule has 2 N–H and O–H groups in total. The van der Waals surface area contributed by atoms with Gasteiger partial charge in [-0.2, -0.15) is 0 Å². The summed E-state index contributed by atoms with van der Waals surface area (Å²) in [6.07, 6.45) is 0.0705. The van der Waals surface area contributed by atoms with Gasteiger partial charge in [-0.25, -0.2) is 4.98 Å². The highest BCUT2D eigenvalue weighted by Crippen LogP contribution is 2.30. The summed E-state index contributed by atoms with van der Waals surface area (Å²) in [6, 6.07) is 17.6. The molecule has 170 valence electrons. The third kappa shape index (κ3) is 4.33. The van der Waals surface area contributed by atoms with Crippen LogP contribution >= 0.6 is 11.3 Å². The van der Waals surface area contributed by atoms with Gasteiger partial charge >= 0.3 is 0 Å². The molecule has 0 unspecified atom stereocenters. The van der Waals surface area contributed by atoms with Gasteiger partial charge in [0.1, 0.15) is 12.3 Å². The van der Waals surface area contributed by atoms with Crippen LogP contribution in [0, 0.1) is 6.92 Å². The van der Waals surface area contributed by atoms with E-state index >= 15 is 0 Å². The molecule has 0 saturated carbocycles. The number of nitrogens with zero attached hydrogens (tertiary/aromatic N) is 2. The maximum absolute atomic E-state index is 13.1. The van der Waals surface area contributed by atoms with Gasteiger partial charge in [0, 0.05) is 11.3 Å². The second-order valence-electron chi connectivity index (χ2n) is 7.76. The molecule has 0 aliphatic carbocycles. The first-order chi connectivity index (χ1) is 16.5. The number of rotatable bonds is 5. The Bertz CT molecular complexity index is 1380. The van der Waals surface area contributed by atoms with E-state index in [9.17, 15) is 14.4 Å².